The van der Waals surface area contributed by atoms with Crippen LogP contribution in [0, 0.1) is 12.8 Å². The number of anilines is 1. The second-order valence-electron chi connectivity index (χ2n) is 6.12. The fourth-order valence-electron chi connectivity index (χ4n) is 2.98. The summed E-state index contributed by atoms with van der Waals surface area (Å²) < 4.78 is 4.90. The van der Waals surface area contributed by atoms with Crippen molar-refractivity contribution in [1.29, 1.82) is 0 Å². The van der Waals surface area contributed by atoms with Crippen molar-refractivity contribution in [2.45, 2.75) is 45.4 Å². The Hall–Kier alpha value is -2.11. The van der Waals surface area contributed by atoms with Crippen LogP contribution >= 0.6 is 0 Å². The van der Waals surface area contributed by atoms with E-state index in [1.807, 2.05) is 0 Å². The molecule has 0 unspecified atom stereocenters. The number of amides is 2. The fraction of sp³-hybridized carbons (Fsp3) is 0.588. The van der Waals surface area contributed by atoms with E-state index in [0.717, 1.165) is 6.42 Å². The summed E-state index contributed by atoms with van der Waals surface area (Å²) in [4.78, 5) is 25.9. The Bertz CT molecular complexity index is 547. The molecular weight excluding hydrogens is 294 g/mol. The Morgan fingerprint density at radius 2 is 2.22 bits per heavy atom. The van der Waals surface area contributed by atoms with Crippen molar-refractivity contribution in [3.8, 4) is 0 Å². The largest absolute Gasteiger partial charge is 0.360 e. The molecule has 2 rings (SSSR count). The number of rotatable bonds is 8. The Balaban J connectivity index is 1.82. The minimum atomic E-state index is -0.283. The van der Waals surface area contributed by atoms with Gasteiger partial charge in [0.25, 0.3) is 0 Å². The van der Waals surface area contributed by atoms with E-state index < -0.39 is 0 Å². The average molecular weight is 319 g/mol. The summed E-state index contributed by atoms with van der Waals surface area (Å²) in [5.74, 6) is 1.37. The molecule has 23 heavy (non-hydrogen) atoms. The number of carbonyl (C=O) groups excluding carboxylic acids is 2. The van der Waals surface area contributed by atoms with E-state index in [9.17, 15) is 9.59 Å². The molecule has 0 atom stereocenters. The third-order valence-corrected chi connectivity index (χ3v) is 4.17. The molecule has 2 amide bonds. The smallest absolute Gasteiger partial charge is 0.245 e. The number of aryl methyl sites for hydroxylation is 1. The summed E-state index contributed by atoms with van der Waals surface area (Å²) in [6.45, 7) is 5.78. The second kappa shape index (κ2) is 8.50. The van der Waals surface area contributed by atoms with Crippen LogP contribution in [-0.4, -0.2) is 35.0 Å². The van der Waals surface area contributed by atoms with Gasteiger partial charge in [0.1, 0.15) is 12.3 Å². The summed E-state index contributed by atoms with van der Waals surface area (Å²) >= 11 is 0. The first-order chi connectivity index (χ1) is 11.1. The van der Waals surface area contributed by atoms with Gasteiger partial charge in [-0.3, -0.25) is 9.59 Å². The van der Waals surface area contributed by atoms with Gasteiger partial charge in [0.2, 0.25) is 11.8 Å². The molecule has 6 heteroatoms. The fourth-order valence-corrected chi connectivity index (χ4v) is 2.98. The van der Waals surface area contributed by atoms with Crippen molar-refractivity contribution in [2.75, 3.05) is 18.4 Å². The molecule has 0 bridgehead atoms. The van der Waals surface area contributed by atoms with Gasteiger partial charge in [-0.2, -0.15) is 0 Å². The highest BCUT2D eigenvalue weighted by Crippen LogP contribution is 2.28. The molecular formula is C17H25N3O3. The summed E-state index contributed by atoms with van der Waals surface area (Å²) in [6.07, 6.45) is 8.04. The van der Waals surface area contributed by atoms with Gasteiger partial charge in [0.05, 0.1) is 0 Å². The molecule has 0 saturated heterocycles. The van der Waals surface area contributed by atoms with Crippen LogP contribution in [0.3, 0.4) is 0 Å². The summed E-state index contributed by atoms with van der Waals surface area (Å²) in [5.41, 5.74) is 0. The van der Waals surface area contributed by atoms with Gasteiger partial charge < -0.3 is 14.7 Å². The van der Waals surface area contributed by atoms with Crippen molar-refractivity contribution < 1.29 is 14.1 Å². The van der Waals surface area contributed by atoms with Crippen molar-refractivity contribution >= 4 is 17.6 Å². The van der Waals surface area contributed by atoms with E-state index in [2.05, 4.69) is 17.1 Å². The number of nitrogens with one attached hydrogen (secondary N) is 1. The molecule has 1 N–H and O–H groups in total. The lowest BCUT2D eigenvalue weighted by atomic mass is 10.0. The van der Waals surface area contributed by atoms with Crippen LogP contribution in [0.1, 0.15) is 44.3 Å². The molecule has 1 saturated carbocycles. The molecule has 6 nitrogen and oxygen atoms in total. The van der Waals surface area contributed by atoms with Crippen LogP contribution in [0.2, 0.25) is 0 Å². The lowest BCUT2D eigenvalue weighted by Crippen LogP contribution is -2.38. The van der Waals surface area contributed by atoms with E-state index in [1.54, 1.807) is 19.1 Å². The van der Waals surface area contributed by atoms with Crippen LogP contribution in [0.5, 0.6) is 0 Å². The van der Waals surface area contributed by atoms with Crippen molar-refractivity contribution in [3.63, 3.8) is 0 Å². The molecule has 0 radical (unpaired) electrons. The molecule has 0 aromatic carbocycles. The molecule has 1 fully saturated rings. The van der Waals surface area contributed by atoms with Crippen LogP contribution in [0.15, 0.2) is 23.2 Å². The first kappa shape index (κ1) is 17.2. The normalized spacial score (nSPS) is 14.7. The number of carbonyl (C=O) groups is 2. The SMILES string of the molecule is C=CCN(CC(=O)Nc1cc(C)on1)C(=O)CCC1CCCC1. The first-order valence-electron chi connectivity index (χ1n) is 8.20. The topological polar surface area (TPSA) is 75.4 Å². The summed E-state index contributed by atoms with van der Waals surface area (Å²) in [5, 5.41) is 6.34. The Morgan fingerprint density at radius 1 is 1.48 bits per heavy atom. The standard InChI is InChI=1S/C17H25N3O3/c1-3-10-20(17(22)9-8-14-6-4-5-7-14)12-16(21)18-15-11-13(2)23-19-15/h3,11,14H,1,4-10,12H2,2H3,(H,18,19,21). The molecule has 1 aromatic heterocycles. The third kappa shape index (κ3) is 5.54. The summed E-state index contributed by atoms with van der Waals surface area (Å²) in [6, 6.07) is 1.64. The van der Waals surface area contributed by atoms with Crippen LogP contribution in [0.25, 0.3) is 0 Å². The maximum absolute atomic E-state index is 12.3. The molecule has 1 aliphatic rings. The zero-order valence-corrected chi connectivity index (χ0v) is 13.7. The quantitative estimate of drug-likeness (QED) is 0.748. The molecule has 1 aliphatic carbocycles. The maximum Gasteiger partial charge on any atom is 0.245 e. The highest BCUT2D eigenvalue weighted by molar-refractivity contribution is 5.93. The zero-order chi connectivity index (χ0) is 16.7. The van der Waals surface area contributed by atoms with Gasteiger partial charge in [0, 0.05) is 19.0 Å². The molecule has 0 aliphatic heterocycles. The summed E-state index contributed by atoms with van der Waals surface area (Å²) in [7, 11) is 0. The Kier molecular flexibility index (Phi) is 6.38. The van der Waals surface area contributed by atoms with Gasteiger partial charge in [-0.25, -0.2) is 0 Å². The van der Waals surface area contributed by atoms with Crippen LogP contribution in [-0.2, 0) is 9.59 Å². The van der Waals surface area contributed by atoms with E-state index in [0.29, 0.717) is 30.5 Å². The maximum atomic E-state index is 12.3. The average Bonchev–Trinajstić information content (AvgIpc) is 3.16. The number of nitrogens with zero attached hydrogens (tertiary/aromatic N) is 2. The molecule has 1 aromatic rings. The van der Waals surface area contributed by atoms with E-state index in [1.165, 1.54) is 30.6 Å². The van der Waals surface area contributed by atoms with Crippen LogP contribution < -0.4 is 5.32 Å². The predicted octanol–water partition coefficient (Wildman–Crippen LogP) is 2.91. The van der Waals surface area contributed by atoms with Gasteiger partial charge in [-0.1, -0.05) is 36.9 Å². The van der Waals surface area contributed by atoms with Crippen molar-refractivity contribution in [1.82, 2.24) is 10.1 Å². The minimum absolute atomic E-state index is 0.00142. The Labute approximate surface area is 136 Å². The first-order valence-corrected chi connectivity index (χ1v) is 8.20. The third-order valence-electron chi connectivity index (χ3n) is 4.17. The van der Waals surface area contributed by atoms with Gasteiger partial charge in [-0.15, -0.1) is 6.58 Å². The lowest BCUT2D eigenvalue weighted by molar-refractivity contribution is -0.134. The molecule has 126 valence electrons. The van der Waals surface area contributed by atoms with E-state index in [4.69, 9.17) is 4.52 Å². The van der Waals surface area contributed by atoms with Gasteiger partial charge >= 0.3 is 0 Å². The molecule has 1 heterocycles. The number of aromatic nitrogens is 1. The van der Waals surface area contributed by atoms with Crippen molar-refractivity contribution in [2.24, 2.45) is 5.92 Å². The number of hydrogen-bond acceptors (Lipinski definition) is 4. The highest BCUT2D eigenvalue weighted by Gasteiger charge is 2.20. The second-order valence-corrected chi connectivity index (χ2v) is 6.12. The van der Waals surface area contributed by atoms with Crippen molar-refractivity contribution in [3.05, 3.63) is 24.5 Å². The zero-order valence-electron chi connectivity index (χ0n) is 13.7. The van der Waals surface area contributed by atoms with E-state index >= 15 is 0 Å². The predicted molar refractivity (Wildman–Crippen MR) is 87.8 cm³/mol. The molecule has 0 spiro atoms. The van der Waals surface area contributed by atoms with Gasteiger partial charge in [-0.05, 0) is 19.3 Å². The highest BCUT2D eigenvalue weighted by atomic mass is 16.5. The van der Waals surface area contributed by atoms with Crippen LogP contribution in [0.4, 0.5) is 5.82 Å². The lowest BCUT2D eigenvalue weighted by Gasteiger charge is -2.21. The van der Waals surface area contributed by atoms with Gasteiger partial charge in [0.15, 0.2) is 5.82 Å². The number of hydrogen-bond donors (Lipinski definition) is 1. The monoisotopic (exact) mass is 319 g/mol. The van der Waals surface area contributed by atoms with E-state index in [-0.39, 0.29) is 18.4 Å². The Morgan fingerprint density at radius 3 is 2.83 bits per heavy atom. The minimum Gasteiger partial charge on any atom is -0.360 e.